The Kier molecular flexibility index (Phi) is 8.83. The Morgan fingerprint density at radius 2 is 2.00 bits per heavy atom. The van der Waals surface area contributed by atoms with Crippen molar-refractivity contribution in [3.63, 3.8) is 0 Å². The fraction of sp³-hybridized carbons (Fsp3) is 1.00. The molecule has 0 saturated heterocycles. The van der Waals surface area contributed by atoms with Gasteiger partial charge in [0.05, 0.1) is 6.61 Å². The zero-order valence-electron chi connectivity index (χ0n) is 12.4. The Labute approximate surface area is 108 Å². The molecule has 0 saturated carbocycles. The molecule has 2 unspecified atom stereocenters. The van der Waals surface area contributed by atoms with E-state index in [0.29, 0.717) is 6.04 Å². The van der Waals surface area contributed by atoms with Crippen molar-refractivity contribution in [1.82, 2.24) is 10.2 Å². The van der Waals surface area contributed by atoms with Crippen molar-refractivity contribution in [2.45, 2.75) is 64.5 Å². The zero-order chi connectivity index (χ0) is 13.3. The summed E-state index contributed by atoms with van der Waals surface area (Å²) in [5.41, 5.74) is -0.0746. The molecule has 0 rings (SSSR count). The van der Waals surface area contributed by atoms with Gasteiger partial charge in [0.2, 0.25) is 0 Å². The van der Waals surface area contributed by atoms with Crippen LogP contribution in [0.5, 0.6) is 0 Å². The number of aliphatic hydroxyl groups is 1. The van der Waals surface area contributed by atoms with Gasteiger partial charge in [-0.3, -0.25) is 0 Å². The fourth-order valence-electron chi connectivity index (χ4n) is 2.27. The highest BCUT2D eigenvalue weighted by Gasteiger charge is 2.24. The third-order valence-electron chi connectivity index (χ3n) is 4.13. The molecule has 0 bridgehead atoms. The van der Waals surface area contributed by atoms with Crippen LogP contribution in [0.3, 0.4) is 0 Å². The largest absolute Gasteiger partial charge is 0.394 e. The van der Waals surface area contributed by atoms with Crippen molar-refractivity contribution in [2.75, 3.05) is 27.2 Å². The minimum Gasteiger partial charge on any atom is -0.394 e. The molecule has 0 aliphatic heterocycles. The van der Waals surface area contributed by atoms with Crippen LogP contribution in [0.1, 0.15) is 52.9 Å². The van der Waals surface area contributed by atoms with Crippen LogP contribution < -0.4 is 5.32 Å². The lowest BCUT2D eigenvalue weighted by atomic mass is 9.91. The van der Waals surface area contributed by atoms with Crippen LogP contribution in [0.4, 0.5) is 0 Å². The molecule has 0 aromatic rings. The number of likely N-dealkylation sites (N-methyl/N-ethyl adjacent to an activating group) is 1. The molecule has 17 heavy (non-hydrogen) atoms. The van der Waals surface area contributed by atoms with Crippen molar-refractivity contribution >= 4 is 0 Å². The minimum absolute atomic E-state index is 0.0746. The normalized spacial score (nSPS) is 17.1. The van der Waals surface area contributed by atoms with E-state index in [1.807, 2.05) is 7.05 Å². The van der Waals surface area contributed by atoms with Gasteiger partial charge in [0.15, 0.2) is 0 Å². The first-order valence-electron chi connectivity index (χ1n) is 7.05. The number of rotatable bonds is 10. The summed E-state index contributed by atoms with van der Waals surface area (Å²) >= 11 is 0. The second kappa shape index (κ2) is 8.90. The van der Waals surface area contributed by atoms with Crippen LogP contribution in [-0.4, -0.2) is 48.8 Å². The van der Waals surface area contributed by atoms with E-state index in [1.54, 1.807) is 0 Å². The van der Waals surface area contributed by atoms with E-state index in [0.717, 1.165) is 25.8 Å². The number of nitrogens with zero attached hydrogens (tertiary/aromatic N) is 1. The van der Waals surface area contributed by atoms with Crippen LogP contribution >= 0.6 is 0 Å². The van der Waals surface area contributed by atoms with Gasteiger partial charge >= 0.3 is 0 Å². The predicted molar refractivity (Wildman–Crippen MR) is 75.4 cm³/mol. The third kappa shape index (κ3) is 5.84. The molecule has 0 aromatic heterocycles. The van der Waals surface area contributed by atoms with Gasteiger partial charge in [0, 0.05) is 11.6 Å². The number of hydrogen-bond donors (Lipinski definition) is 2. The Morgan fingerprint density at radius 1 is 1.35 bits per heavy atom. The van der Waals surface area contributed by atoms with Crippen LogP contribution in [0.25, 0.3) is 0 Å². The maximum Gasteiger partial charge on any atom is 0.0613 e. The summed E-state index contributed by atoms with van der Waals surface area (Å²) in [6.45, 7) is 8.01. The topological polar surface area (TPSA) is 35.5 Å². The molecular weight excluding hydrogens is 212 g/mol. The average molecular weight is 244 g/mol. The standard InChI is InChI=1S/C14H32N2O/c1-6-9-13(3)16(5)11-8-10-14(7-2,12-17)15-4/h13,15,17H,6-12H2,1-5H3. The van der Waals surface area contributed by atoms with Crippen LogP contribution in [-0.2, 0) is 0 Å². The average Bonchev–Trinajstić information content (AvgIpc) is 2.35. The van der Waals surface area contributed by atoms with E-state index in [-0.39, 0.29) is 12.1 Å². The van der Waals surface area contributed by atoms with Crippen molar-refractivity contribution in [1.29, 1.82) is 0 Å². The van der Waals surface area contributed by atoms with Gasteiger partial charge in [-0.25, -0.2) is 0 Å². The summed E-state index contributed by atoms with van der Waals surface area (Å²) in [4.78, 5) is 2.43. The summed E-state index contributed by atoms with van der Waals surface area (Å²) in [6, 6.07) is 0.666. The van der Waals surface area contributed by atoms with E-state index in [9.17, 15) is 5.11 Å². The number of hydrogen-bond acceptors (Lipinski definition) is 3. The molecule has 0 aromatic carbocycles. The quantitative estimate of drug-likeness (QED) is 0.619. The van der Waals surface area contributed by atoms with E-state index >= 15 is 0 Å². The third-order valence-corrected chi connectivity index (χ3v) is 4.13. The summed E-state index contributed by atoms with van der Waals surface area (Å²) < 4.78 is 0. The highest BCUT2D eigenvalue weighted by Crippen LogP contribution is 2.17. The maximum absolute atomic E-state index is 9.46. The van der Waals surface area contributed by atoms with Gasteiger partial charge < -0.3 is 15.3 Å². The Hall–Kier alpha value is -0.120. The predicted octanol–water partition coefficient (Wildman–Crippen LogP) is 2.25. The molecule has 0 fully saturated rings. The summed E-state index contributed by atoms with van der Waals surface area (Å²) in [6.07, 6.45) is 5.67. The monoisotopic (exact) mass is 244 g/mol. The Bertz CT molecular complexity index is 173. The molecule has 3 nitrogen and oxygen atoms in total. The van der Waals surface area contributed by atoms with Gasteiger partial charge in [-0.1, -0.05) is 20.3 Å². The minimum atomic E-state index is -0.0746. The lowest BCUT2D eigenvalue weighted by Gasteiger charge is -2.32. The summed E-state index contributed by atoms with van der Waals surface area (Å²) in [7, 11) is 4.15. The van der Waals surface area contributed by atoms with E-state index in [4.69, 9.17) is 0 Å². The Balaban J connectivity index is 3.95. The fourth-order valence-corrected chi connectivity index (χ4v) is 2.27. The molecule has 104 valence electrons. The lowest BCUT2D eigenvalue weighted by molar-refractivity contribution is 0.144. The smallest absolute Gasteiger partial charge is 0.0613 e. The molecule has 0 radical (unpaired) electrons. The molecule has 0 spiro atoms. The molecule has 0 amide bonds. The van der Waals surface area contributed by atoms with Crippen LogP contribution in [0.2, 0.25) is 0 Å². The van der Waals surface area contributed by atoms with Gasteiger partial charge in [-0.2, -0.15) is 0 Å². The van der Waals surface area contributed by atoms with Gasteiger partial charge in [-0.05, 0) is 53.2 Å². The first-order valence-corrected chi connectivity index (χ1v) is 7.05. The van der Waals surface area contributed by atoms with E-state index in [2.05, 4.69) is 38.0 Å². The first kappa shape index (κ1) is 16.9. The van der Waals surface area contributed by atoms with Crippen LogP contribution in [0.15, 0.2) is 0 Å². The van der Waals surface area contributed by atoms with Crippen molar-refractivity contribution in [2.24, 2.45) is 0 Å². The molecule has 0 heterocycles. The molecule has 2 atom stereocenters. The highest BCUT2D eigenvalue weighted by molar-refractivity contribution is 4.84. The highest BCUT2D eigenvalue weighted by atomic mass is 16.3. The lowest BCUT2D eigenvalue weighted by Crippen LogP contribution is -2.46. The molecule has 0 aliphatic carbocycles. The second-order valence-electron chi connectivity index (χ2n) is 5.26. The SMILES string of the molecule is CCCC(C)N(C)CCCC(CC)(CO)NC. The second-order valence-corrected chi connectivity index (χ2v) is 5.26. The molecular formula is C14H32N2O. The Morgan fingerprint density at radius 3 is 2.41 bits per heavy atom. The van der Waals surface area contributed by atoms with Gasteiger partial charge in [0.25, 0.3) is 0 Å². The van der Waals surface area contributed by atoms with Gasteiger partial charge in [0.1, 0.15) is 0 Å². The van der Waals surface area contributed by atoms with Crippen molar-refractivity contribution in [3.8, 4) is 0 Å². The molecule has 0 aliphatic rings. The first-order chi connectivity index (χ1) is 8.05. The number of aliphatic hydroxyl groups excluding tert-OH is 1. The maximum atomic E-state index is 9.46. The number of nitrogens with one attached hydrogen (secondary N) is 1. The van der Waals surface area contributed by atoms with E-state index < -0.39 is 0 Å². The summed E-state index contributed by atoms with van der Waals surface area (Å²) in [5.74, 6) is 0. The summed E-state index contributed by atoms with van der Waals surface area (Å²) in [5, 5.41) is 12.7. The van der Waals surface area contributed by atoms with Crippen LogP contribution in [0, 0.1) is 0 Å². The van der Waals surface area contributed by atoms with Crippen molar-refractivity contribution < 1.29 is 5.11 Å². The van der Waals surface area contributed by atoms with E-state index in [1.165, 1.54) is 12.8 Å². The molecule has 2 N–H and O–H groups in total. The van der Waals surface area contributed by atoms with Gasteiger partial charge in [-0.15, -0.1) is 0 Å². The zero-order valence-corrected chi connectivity index (χ0v) is 12.4. The van der Waals surface area contributed by atoms with Crippen molar-refractivity contribution in [3.05, 3.63) is 0 Å². The molecule has 3 heteroatoms.